The Morgan fingerprint density at radius 3 is 2.84 bits per heavy atom. The predicted molar refractivity (Wildman–Crippen MR) is 69.7 cm³/mol. The van der Waals surface area contributed by atoms with Gasteiger partial charge in [-0.25, -0.2) is 9.78 Å². The minimum Gasteiger partial charge on any atom is -0.478 e. The van der Waals surface area contributed by atoms with Gasteiger partial charge in [0.05, 0.1) is 5.56 Å². The Labute approximate surface area is 111 Å². The number of pyridine rings is 1. The summed E-state index contributed by atoms with van der Waals surface area (Å²) in [4.78, 5) is 15.3. The third-order valence-electron chi connectivity index (χ3n) is 2.54. The molecule has 19 heavy (non-hydrogen) atoms. The van der Waals surface area contributed by atoms with E-state index in [1.54, 1.807) is 0 Å². The molecular formula is C12H15N5O2. The number of hydrogen-bond acceptors (Lipinski definition) is 6. The second kappa shape index (κ2) is 6.44. The van der Waals surface area contributed by atoms with Crippen LogP contribution in [0, 0.1) is 11.3 Å². The zero-order valence-corrected chi connectivity index (χ0v) is 11.0. The van der Waals surface area contributed by atoms with Gasteiger partial charge in [0.25, 0.3) is 0 Å². The molecule has 0 radical (unpaired) electrons. The van der Waals surface area contributed by atoms with Gasteiger partial charge in [-0.05, 0) is 19.4 Å². The first-order chi connectivity index (χ1) is 9.03. The zero-order valence-electron chi connectivity index (χ0n) is 11.0. The molecular weight excluding hydrogens is 246 g/mol. The molecule has 2 N–H and O–H groups in total. The number of azo groups is 1. The number of nitriles is 1. The quantitative estimate of drug-likeness (QED) is 0.791. The summed E-state index contributed by atoms with van der Waals surface area (Å²) in [5, 5.41) is 28.4. The number of carbonyl (C=O) groups is 1. The summed E-state index contributed by atoms with van der Waals surface area (Å²) in [6.45, 7) is 3.88. The molecule has 0 aliphatic carbocycles. The van der Waals surface area contributed by atoms with Gasteiger partial charge in [-0.3, -0.25) is 0 Å². The molecule has 1 aromatic heterocycles. The van der Waals surface area contributed by atoms with Crippen molar-refractivity contribution in [2.75, 3.05) is 12.4 Å². The Bertz CT molecular complexity index is 548. The number of hydrogen-bond donors (Lipinski definition) is 2. The van der Waals surface area contributed by atoms with Gasteiger partial charge in [-0.2, -0.15) is 10.4 Å². The molecule has 0 saturated carbocycles. The average molecular weight is 261 g/mol. The summed E-state index contributed by atoms with van der Waals surface area (Å²) in [6.07, 6.45) is 0.811. The van der Waals surface area contributed by atoms with Gasteiger partial charge in [0.1, 0.15) is 17.5 Å². The molecule has 0 aliphatic heterocycles. The fraction of sp³-hybridized carbons (Fsp3) is 0.417. The molecule has 0 amide bonds. The van der Waals surface area contributed by atoms with E-state index < -0.39 is 5.97 Å². The van der Waals surface area contributed by atoms with E-state index in [-0.39, 0.29) is 28.8 Å². The Kier molecular flexibility index (Phi) is 4.94. The first-order valence-corrected chi connectivity index (χ1v) is 5.78. The van der Waals surface area contributed by atoms with Gasteiger partial charge in [-0.15, -0.1) is 5.11 Å². The monoisotopic (exact) mass is 261 g/mol. The molecule has 1 heterocycles. The van der Waals surface area contributed by atoms with Crippen molar-refractivity contribution in [2.45, 2.75) is 26.3 Å². The van der Waals surface area contributed by atoms with E-state index in [0.29, 0.717) is 0 Å². The molecule has 0 saturated heterocycles. The highest BCUT2D eigenvalue weighted by Gasteiger charge is 2.17. The van der Waals surface area contributed by atoms with Crippen LogP contribution in [-0.4, -0.2) is 29.1 Å². The summed E-state index contributed by atoms with van der Waals surface area (Å²) >= 11 is 0. The van der Waals surface area contributed by atoms with Crippen molar-refractivity contribution in [3.63, 3.8) is 0 Å². The second-order valence-corrected chi connectivity index (χ2v) is 3.93. The van der Waals surface area contributed by atoms with Crippen LogP contribution < -0.4 is 5.32 Å². The average Bonchev–Trinajstić information content (AvgIpc) is 2.38. The molecule has 100 valence electrons. The minimum atomic E-state index is -1.14. The van der Waals surface area contributed by atoms with E-state index >= 15 is 0 Å². The lowest BCUT2D eigenvalue weighted by molar-refractivity contribution is 0.0697. The van der Waals surface area contributed by atoms with Crippen LogP contribution in [0.5, 0.6) is 0 Å². The summed E-state index contributed by atoms with van der Waals surface area (Å²) in [7, 11) is 1.45. The minimum absolute atomic E-state index is 0.0492. The Balaban J connectivity index is 3.37. The molecule has 0 spiro atoms. The molecule has 0 aromatic carbocycles. The molecule has 0 bridgehead atoms. The molecule has 7 heteroatoms. The number of rotatable bonds is 5. The first-order valence-electron chi connectivity index (χ1n) is 5.78. The number of nitrogens with one attached hydrogen (secondary N) is 1. The zero-order chi connectivity index (χ0) is 14.4. The third kappa shape index (κ3) is 3.48. The molecule has 7 nitrogen and oxygen atoms in total. The van der Waals surface area contributed by atoms with E-state index in [1.165, 1.54) is 13.1 Å². The van der Waals surface area contributed by atoms with Gasteiger partial charge in [0.2, 0.25) is 0 Å². The SMILES string of the molecule is CCC(C)Nc1nc(N=NC)c(C#N)cc1C(=O)O. The van der Waals surface area contributed by atoms with E-state index in [1.807, 2.05) is 19.9 Å². The lowest BCUT2D eigenvalue weighted by atomic mass is 10.1. The van der Waals surface area contributed by atoms with Crippen molar-refractivity contribution in [1.29, 1.82) is 5.26 Å². The van der Waals surface area contributed by atoms with Crippen molar-refractivity contribution in [3.05, 3.63) is 17.2 Å². The maximum atomic E-state index is 11.2. The third-order valence-corrected chi connectivity index (χ3v) is 2.54. The van der Waals surface area contributed by atoms with Gasteiger partial charge in [-0.1, -0.05) is 6.92 Å². The smallest absolute Gasteiger partial charge is 0.339 e. The fourth-order valence-electron chi connectivity index (χ4n) is 1.37. The fourth-order valence-corrected chi connectivity index (χ4v) is 1.37. The number of carboxylic acid groups (broad SMARTS) is 1. The Morgan fingerprint density at radius 2 is 2.37 bits per heavy atom. The number of aromatic nitrogens is 1. The standard InChI is InChI=1S/C12H15N5O2/c1-4-7(2)15-11-9(12(18)19)5-8(6-13)10(16-11)17-14-3/h5,7H,4H2,1-3H3,(H,15,16)(H,18,19). The number of nitrogens with zero attached hydrogens (tertiary/aromatic N) is 4. The van der Waals surface area contributed by atoms with Crippen LogP contribution in [0.25, 0.3) is 0 Å². The van der Waals surface area contributed by atoms with Gasteiger partial charge < -0.3 is 10.4 Å². The lowest BCUT2D eigenvalue weighted by Crippen LogP contribution is -2.17. The summed E-state index contributed by atoms with van der Waals surface area (Å²) < 4.78 is 0. The highest BCUT2D eigenvalue weighted by Crippen LogP contribution is 2.24. The highest BCUT2D eigenvalue weighted by molar-refractivity contribution is 5.94. The van der Waals surface area contributed by atoms with Crippen molar-refractivity contribution in [1.82, 2.24) is 4.98 Å². The van der Waals surface area contributed by atoms with Crippen LogP contribution in [0.4, 0.5) is 11.6 Å². The molecule has 1 atom stereocenters. The summed E-state index contributed by atoms with van der Waals surface area (Å²) in [5.74, 6) is -0.834. The number of anilines is 1. The summed E-state index contributed by atoms with van der Waals surface area (Å²) in [5.41, 5.74) is 0.0320. The Morgan fingerprint density at radius 1 is 1.68 bits per heavy atom. The normalized spacial score (nSPS) is 12.1. The van der Waals surface area contributed by atoms with Crippen LogP contribution in [0.1, 0.15) is 36.2 Å². The maximum absolute atomic E-state index is 11.2. The predicted octanol–water partition coefficient (Wildman–Crippen LogP) is 2.58. The van der Waals surface area contributed by atoms with E-state index in [9.17, 15) is 4.79 Å². The van der Waals surface area contributed by atoms with Crippen LogP contribution in [0.3, 0.4) is 0 Å². The molecule has 1 aromatic rings. The van der Waals surface area contributed by atoms with Crippen molar-refractivity contribution in [3.8, 4) is 6.07 Å². The molecule has 0 fully saturated rings. The van der Waals surface area contributed by atoms with Crippen LogP contribution in [0.2, 0.25) is 0 Å². The number of aromatic carboxylic acids is 1. The number of carboxylic acids is 1. The van der Waals surface area contributed by atoms with Gasteiger partial charge in [0.15, 0.2) is 5.82 Å². The molecule has 1 rings (SSSR count). The van der Waals surface area contributed by atoms with E-state index in [0.717, 1.165) is 6.42 Å². The summed E-state index contributed by atoms with van der Waals surface area (Å²) in [6, 6.07) is 3.18. The van der Waals surface area contributed by atoms with E-state index in [2.05, 4.69) is 20.5 Å². The molecule has 0 aliphatic rings. The van der Waals surface area contributed by atoms with Crippen LogP contribution in [-0.2, 0) is 0 Å². The van der Waals surface area contributed by atoms with Crippen LogP contribution in [0.15, 0.2) is 16.3 Å². The van der Waals surface area contributed by atoms with Crippen molar-refractivity contribution < 1.29 is 9.90 Å². The Hall–Kier alpha value is -2.49. The first kappa shape index (κ1) is 14.6. The van der Waals surface area contributed by atoms with E-state index in [4.69, 9.17) is 10.4 Å². The second-order valence-electron chi connectivity index (χ2n) is 3.93. The largest absolute Gasteiger partial charge is 0.478 e. The van der Waals surface area contributed by atoms with Gasteiger partial charge in [0, 0.05) is 13.1 Å². The van der Waals surface area contributed by atoms with Crippen molar-refractivity contribution in [2.24, 2.45) is 10.2 Å². The lowest BCUT2D eigenvalue weighted by Gasteiger charge is -2.14. The maximum Gasteiger partial charge on any atom is 0.339 e. The highest BCUT2D eigenvalue weighted by atomic mass is 16.4. The van der Waals surface area contributed by atoms with Gasteiger partial charge >= 0.3 is 5.97 Å². The molecule has 1 unspecified atom stereocenters. The van der Waals surface area contributed by atoms with Crippen LogP contribution >= 0.6 is 0 Å². The van der Waals surface area contributed by atoms with Crippen molar-refractivity contribution >= 4 is 17.6 Å². The topological polar surface area (TPSA) is 111 Å².